The number of nitrogens with two attached hydrogens (primary N) is 1. The maximum Gasteiger partial charge on any atom is 0.338 e. The number of methoxy groups -OCH3 is 1. The van der Waals surface area contributed by atoms with Crippen LogP contribution in [0.25, 0.3) is 0 Å². The number of carbonyl (C=O) groups is 2. The first-order valence-electron chi connectivity index (χ1n) is 8.59. The second-order valence-electron chi connectivity index (χ2n) is 6.43. The summed E-state index contributed by atoms with van der Waals surface area (Å²) in [6.07, 6.45) is 0.247. The minimum Gasteiger partial charge on any atom is -0.504 e. The van der Waals surface area contributed by atoms with Crippen molar-refractivity contribution >= 4 is 11.9 Å². The maximum absolute atomic E-state index is 12.0. The van der Waals surface area contributed by atoms with Crippen LogP contribution >= 0.6 is 0 Å². The summed E-state index contributed by atoms with van der Waals surface area (Å²) in [6.45, 7) is 0.0118. The number of phenols is 2. The van der Waals surface area contributed by atoms with E-state index in [1.165, 1.54) is 25.3 Å². The predicted molar refractivity (Wildman–Crippen MR) is 101 cm³/mol. The molecule has 0 radical (unpaired) electrons. The summed E-state index contributed by atoms with van der Waals surface area (Å²) >= 11 is 0. The summed E-state index contributed by atoms with van der Waals surface area (Å²) in [7, 11) is 1.52. The molecule has 0 heterocycles. The number of hydrogen-bond acceptors (Lipinski definition) is 7. The summed E-state index contributed by atoms with van der Waals surface area (Å²) < 4.78 is 10.2. The minimum atomic E-state index is -1.60. The number of benzene rings is 2. The van der Waals surface area contributed by atoms with E-state index in [0.717, 1.165) is 0 Å². The molecular formula is C20H23NO7. The highest BCUT2D eigenvalue weighted by Gasteiger charge is 2.34. The SMILES string of the molecule is COc1ccc(C(=O)OCCC[C@](N)(Cc2ccc(O)c(O)c2)C(=O)O)cc1. The van der Waals surface area contributed by atoms with E-state index in [9.17, 15) is 24.9 Å². The summed E-state index contributed by atoms with van der Waals surface area (Å²) in [4.78, 5) is 23.6. The molecular weight excluding hydrogens is 366 g/mol. The van der Waals surface area contributed by atoms with Crippen molar-refractivity contribution in [3.8, 4) is 17.2 Å². The van der Waals surface area contributed by atoms with Crippen molar-refractivity contribution in [2.75, 3.05) is 13.7 Å². The Morgan fingerprint density at radius 2 is 1.75 bits per heavy atom. The fourth-order valence-corrected chi connectivity index (χ4v) is 2.68. The van der Waals surface area contributed by atoms with E-state index in [1.807, 2.05) is 0 Å². The summed E-state index contributed by atoms with van der Waals surface area (Å²) in [6, 6.07) is 10.4. The molecule has 0 aliphatic rings. The predicted octanol–water partition coefficient (Wildman–Crippen LogP) is 2.07. The lowest BCUT2D eigenvalue weighted by Crippen LogP contribution is -2.50. The molecule has 8 heteroatoms. The summed E-state index contributed by atoms with van der Waals surface area (Å²) in [5.41, 5.74) is 5.25. The average Bonchev–Trinajstić information content (AvgIpc) is 2.68. The Morgan fingerprint density at radius 3 is 2.32 bits per heavy atom. The van der Waals surface area contributed by atoms with Crippen LogP contribution in [0.2, 0.25) is 0 Å². The van der Waals surface area contributed by atoms with E-state index < -0.39 is 17.5 Å². The number of carboxylic acid groups (broad SMARTS) is 1. The number of aliphatic carboxylic acids is 1. The van der Waals surface area contributed by atoms with Gasteiger partial charge >= 0.3 is 11.9 Å². The Kier molecular flexibility index (Phi) is 6.84. The third-order valence-corrected chi connectivity index (χ3v) is 4.31. The molecule has 0 saturated carbocycles. The first-order chi connectivity index (χ1) is 13.2. The van der Waals surface area contributed by atoms with E-state index >= 15 is 0 Å². The fourth-order valence-electron chi connectivity index (χ4n) is 2.68. The first-order valence-corrected chi connectivity index (χ1v) is 8.59. The number of ether oxygens (including phenoxy) is 2. The Bertz CT molecular complexity index is 835. The van der Waals surface area contributed by atoms with Gasteiger partial charge in [-0.15, -0.1) is 0 Å². The van der Waals surface area contributed by atoms with E-state index in [4.69, 9.17) is 15.2 Å². The van der Waals surface area contributed by atoms with Gasteiger partial charge in [-0.2, -0.15) is 0 Å². The van der Waals surface area contributed by atoms with Crippen LogP contribution in [0, 0.1) is 0 Å². The van der Waals surface area contributed by atoms with E-state index in [0.29, 0.717) is 16.9 Å². The Morgan fingerprint density at radius 1 is 1.07 bits per heavy atom. The Balaban J connectivity index is 1.90. The van der Waals surface area contributed by atoms with Crippen molar-refractivity contribution in [2.24, 2.45) is 5.73 Å². The smallest absolute Gasteiger partial charge is 0.338 e. The number of carbonyl (C=O) groups excluding carboxylic acids is 1. The average molecular weight is 389 g/mol. The van der Waals surface area contributed by atoms with Gasteiger partial charge in [0.1, 0.15) is 11.3 Å². The van der Waals surface area contributed by atoms with Crippen molar-refractivity contribution in [1.82, 2.24) is 0 Å². The fraction of sp³-hybridized carbons (Fsp3) is 0.300. The number of carboxylic acids is 1. The van der Waals surface area contributed by atoms with Crippen LogP contribution in [0.3, 0.4) is 0 Å². The van der Waals surface area contributed by atoms with Crippen LogP contribution in [-0.2, 0) is 16.0 Å². The molecule has 0 fully saturated rings. The third kappa shape index (κ3) is 5.37. The van der Waals surface area contributed by atoms with Crippen LogP contribution in [0.15, 0.2) is 42.5 Å². The first kappa shape index (κ1) is 21.0. The maximum atomic E-state index is 12.0. The second-order valence-corrected chi connectivity index (χ2v) is 6.43. The van der Waals surface area contributed by atoms with Crippen molar-refractivity contribution in [3.63, 3.8) is 0 Å². The standard InChI is InChI=1S/C20H23NO7/c1-27-15-6-4-14(5-7-15)18(24)28-10-2-9-20(21,19(25)26)12-13-3-8-16(22)17(23)11-13/h3-8,11,22-23H,2,9-10,12,21H2,1H3,(H,25,26)/t20-/m0/s1. The van der Waals surface area contributed by atoms with Gasteiger partial charge in [-0.25, -0.2) is 4.79 Å². The zero-order valence-corrected chi connectivity index (χ0v) is 15.4. The molecule has 0 aliphatic heterocycles. The van der Waals surface area contributed by atoms with Crippen molar-refractivity contribution in [2.45, 2.75) is 24.8 Å². The van der Waals surface area contributed by atoms with Crippen molar-refractivity contribution in [1.29, 1.82) is 0 Å². The van der Waals surface area contributed by atoms with E-state index in [-0.39, 0.29) is 37.4 Å². The summed E-state index contributed by atoms with van der Waals surface area (Å²) in [5.74, 6) is -1.76. The summed E-state index contributed by atoms with van der Waals surface area (Å²) in [5, 5.41) is 28.4. The number of aromatic hydroxyl groups is 2. The van der Waals surface area contributed by atoms with Crippen molar-refractivity contribution < 1.29 is 34.4 Å². The molecule has 150 valence electrons. The molecule has 2 aromatic rings. The molecule has 0 saturated heterocycles. The molecule has 0 aromatic heterocycles. The third-order valence-electron chi connectivity index (χ3n) is 4.31. The molecule has 0 spiro atoms. The number of esters is 1. The van der Waals surface area contributed by atoms with E-state index in [2.05, 4.69) is 0 Å². The second kappa shape index (κ2) is 9.09. The lowest BCUT2D eigenvalue weighted by atomic mass is 9.87. The van der Waals surface area contributed by atoms with Crippen LogP contribution in [-0.4, -0.2) is 46.5 Å². The van der Waals surface area contributed by atoms with E-state index in [1.54, 1.807) is 24.3 Å². The molecule has 5 N–H and O–H groups in total. The highest BCUT2D eigenvalue weighted by Crippen LogP contribution is 2.27. The molecule has 0 aliphatic carbocycles. The monoisotopic (exact) mass is 389 g/mol. The molecule has 8 nitrogen and oxygen atoms in total. The van der Waals surface area contributed by atoms with Gasteiger partial charge < -0.3 is 30.5 Å². The lowest BCUT2D eigenvalue weighted by molar-refractivity contribution is -0.143. The number of phenolic OH excluding ortho intramolecular Hbond substituents is 2. The molecule has 1 atom stereocenters. The minimum absolute atomic E-state index is 0.0118. The zero-order valence-electron chi connectivity index (χ0n) is 15.4. The van der Waals surface area contributed by atoms with Crippen LogP contribution < -0.4 is 10.5 Å². The molecule has 2 aromatic carbocycles. The van der Waals surface area contributed by atoms with Crippen molar-refractivity contribution in [3.05, 3.63) is 53.6 Å². The Labute approximate surface area is 162 Å². The molecule has 2 rings (SSSR count). The topological polar surface area (TPSA) is 139 Å². The number of rotatable bonds is 9. The number of hydrogen-bond donors (Lipinski definition) is 4. The van der Waals surface area contributed by atoms with Crippen LogP contribution in [0.5, 0.6) is 17.2 Å². The quantitative estimate of drug-likeness (QED) is 0.290. The van der Waals surface area contributed by atoms with Gasteiger partial charge in [0.05, 0.1) is 19.3 Å². The van der Waals surface area contributed by atoms with Gasteiger partial charge in [-0.1, -0.05) is 6.07 Å². The van der Waals surface area contributed by atoms with Gasteiger partial charge in [-0.3, -0.25) is 4.79 Å². The van der Waals surface area contributed by atoms with Crippen LogP contribution in [0.1, 0.15) is 28.8 Å². The van der Waals surface area contributed by atoms with Gasteiger partial charge in [-0.05, 0) is 54.8 Å². The van der Waals surface area contributed by atoms with Gasteiger partial charge in [0.25, 0.3) is 0 Å². The molecule has 0 amide bonds. The largest absolute Gasteiger partial charge is 0.504 e. The Hall–Kier alpha value is -3.26. The highest BCUT2D eigenvalue weighted by atomic mass is 16.5. The van der Waals surface area contributed by atoms with Gasteiger partial charge in [0.15, 0.2) is 11.5 Å². The molecule has 0 unspecified atom stereocenters. The van der Waals surface area contributed by atoms with Crippen LogP contribution in [0.4, 0.5) is 0 Å². The van der Waals surface area contributed by atoms with Gasteiger partial charge in [0, 0.05) is 6.42 Å². The highest BCUT2D eigenvalue weighted by molar-refractivity contribution is 5.89. The molecule has 0 bridgehead atoms. The lowest BCUT2D eigenvalue weighted by Gasteiger charge is -2.25. The van der Waals surface area contributed by atoms with Gasteiger partial charge in [0.2, 0.25) is 0 Å². The zero-order chi connectivity index (χ0) is 20.7. The molecule has 28 heavy (non-hydrogen) atoms. The normalized spacial score (nSPS) is 12.8.